The third-order valence-corrected chi connectivity index (χ3v) is 6.76. The van der Waals surface area contributed by atoms with Crippen LogP contribution in [0.15, 0.2) is 60.7 Å². The average Bonchev–Trinajstić information content (AvgIpc) is 2.65. The van der Waals surface area contributed by atoms with Gasteiger partial charge in [-0.15, -0.1) is 23.5 Å². The molecule has 0 unspecified atom stereocenters. The number of nitrogens with zero attached hydrogens (tertiary/aromatic N) is 1. The number of hydrogen-bond acceptors (Lipinski definition) is 4. The summed E-state index contributed by atoms with van der Waals surface area (Å²) in [6.07, 6.45) is 0. The van der Waals surface area contributed by atoms with E-state index >= 15 is 0 Å². The zero-order valence-corrected chi connectivity index (χ0v) is 18.0. The maximum Gasteiger partial charge on any atom is 0.130 e. The van der Waals surface area contributed by atoms with Crippen molar-refractivity contribution in [1.82, 2.24) is 4.98 Å². The molecule has 0 saturated carbocycles. The van der Waals surface area contributed by atoms with Crippen LogP contribution in [0.1, 0.15) is 43.5 Å². The highest BCUT2D eigenvalue weighted by atomic mass is 32.2. The highest BCUT2D eigenvalue weighted by Crippen LogP contribution is 2.44. The van der Waals surface area contributed by atoms with Crippen molar-refractivity contribution in [3.05, 3.63) is 71.9 Å². The summed E-state index contributed by atoms with van der Waals surface area (Å²) in [5, 5.41) is 2.34. The van der Waals surface area contributed by atoms with Crippen molar-refractivity contribution in [2.45, 2.75) is 49.4 Å². The number of thioether (sulfide) groups is 2. The first kappa shape index (κ1) is 20.1. The number of aromatic nitrogens is 1. The fourth-order valence-electron chi connectivity index (χ4n) is 2.78. The molecule has 3 rings (SSSR count). The Morgan fingerprint density at radius 3 is 2.33 bits per heavy atom. The number of para-hydroxylation sites is 1. The minimum Gasteiger partial charge on any atom is -0.487 e. The van der Waals surface area contributed by atoms with Crippen LogP contribution < -0.4 is 4.74 Å². The van der Waals surface area contributed by atoms with Gasteiger partial charge in [0.05, 0.1) is 15.8 Å². The predicted molar refractivity (Wildman–Crippen MR) is 121 cm³/mol. The molecule has 2 nitrogen and oxygen atoms in total. The average molecular weight is 398 g/mol. The van der Waals surface area contributed by atoms with E-state index in [4.69, 9.17) is 9.72 Å². The van der Waals surface area contributed by atoms with Crippen molar-refractivity contribution in [3.63, 3.8) is 0 Å². The molecule has 0 aliphatic heterocycles. The summed E-state index contributed by atoms with van der Waals surface area (Å²) in [7, 11) is 0. The van der Waals surface area contributed by atoms with Gasteiger partial charge in [-0.2, -0.15) is 0 Å². The van der Waals surface area contributed by atoms with Crippen LogP contribution in [0, 0.1) is 0 Å². The molecular formula is C23H27NOS2. The van der Waals surface area contributed by atoms with Gasteiger partial charge < -0.3 is 4.74 Å². The zero-order valence-electron chi connectivity index (χ0n) is 16.4. The van der Waals surface area contributed by atoms with Gasteiger partial charge in [-0.05, 0) is 29.8 Å². The Morgan fingerprint density at radius 1 is 0.852 bits per heavy atom. The van der Waals surface area contributed by atoms with Crippen LogP contribution in [0.5, 0.6) is 5.75 Å². The summed E-state index contributed by atoms with van der Waals surface area (Å²) in [6.45, 7) is 9.50. The van der Waals surface area contributed by atoms with Crippen LogP contribution >= 0.6 is 23.5 Å². The Morgan fingerprint density at radius 2 is 1.59 bits per heavy atom. The van der Waals surface area contributed by atoms with Gasteiger partial charge >= 0.3 is 0 Å². The van der Waals surface area contributed by atoms with Crippen LogP contribution in [-0.4, -0.2) is 15.5 Å². The molecule has 0 amide bonds. The number of benzene rings is 2. The van der Waals surface area contributed by atoms with Crippen LogP contribution in [0.3, 0.4) is 0 Å². The van der Waals surface area contributed by atoms with Gasteiger partial charge in [0.25, 0.3) is 0 Å². The Labute approximate surface area is 171 Å². The van der Waals surface area contributed by atoms with Crippen LogP contribution in [0.2, 0.25) is 0 Å². The Balaban J connectivity index is 1.72. The molecule has 0 spiro atoms. The molecule has 0 fully saturated rings. The molecule has 0 atom stereocenters. The first-order valence-electron chi connectivity index (χ1n) is 9.39. The maximum atomic E-state index is 6.06. The van der Waals surface area contributed by atoms with Gasteiger partial charge in [0, 0.05) is 15.9 Å². The van der Waals surface area contributed by atoms with Gasteiger partial charge in [0.2, 0.25) is 0 Å². The third-order valence-electron chi connectivity index (χ3n) is 3.96. The highest BCUT2D eigenvalue weighted by molar-refractivity contribution is 8.16. The second-order valence-electron chi connectivity index (χ2n) is 7.06. The van der Waals surface area contributed by atoms with Crippen molar-refractivity contribution >= 4 is 34.4 Å². The smallest absolute Gasteiger partial charge is 0.130 e. The fourth-order valence-corrected chi connectivity index (χ4v) is 5.97. The van der Waals surface area contributed by atoms with Gasteiger partial charge in [-0.3, -0.25) is 0 Å². The third kappa shape index (κ3) is 5.91. The molecule has 1 heterocycles. The molecule has 1 aromatic heterocycles. The van der Waals surface area contributed by atoms with Gasteiger partial charge in [-0.1, -0.05) is 64.1 Å². The normalized spacial score (nSPS) is 11.7. The lowest BCUT2D eigenvalue weighted by Crippen LogP contribution is -2.02. The van der Waals surface area contributed by atoms with E-state index in [-0.39, 0.29) is 0 Å². The van der Waals surface area contributed by atoms with E-state index in [2.05, 4.69) is 58.0 Å². The van der Waals surface area contributed by atoms with E-state index in [1.54, 1.807) is 0 Å². The van der Waals surface area contributed by atoms with E-state index in [1.165, 1.54) is 5.56 Å². The van der Waals surface area contributed by atoms with Gasteiger partial charge in [-0.25, -0.2) is 4.98 Å². The molecule has 2 aromatic carbocycles. The van der Waals surface area contributed by atoms with Gasteiger partial charge in [0.1, 0.15) is 12.4 Å². The fraction of sp³-hybridized carbons (Fsp3) is 0.348. The summed E-state index contributed by atoms with van der Waals surface area (Å²) in [6, 6.07) is 20.8. The van der Waals surface area contributed by atoms with Crippen molar-refractivity contribution in [3.8, 4) is 5.75 Å². The number of pyridine rings is 1. The first-order valence-corrected chi connectivity index (χ1v) is 11.3. The summed E-state index contributed by atoms with van der Waals surface area (Å²) < 4.78 is 6.48. The van der Waals surface area contributed by atoms with Crippen molar-refractivity contribution in [2.24, 2.45) is 0 Å². The largest absolute Gasteiger partial charge is 0.487 e. The molecule has 0 N–H and O–H groups in total. The number of fused-ring (bicyclic) bond motifs is 1. The molecule has 27 heavy (non-hydrogen) atoms. The predicted octanol–water partition coefficient (Wildman–Crippen LogP) is 7.10. The minimum atomic E-state index is 0.423. The SMILES string of the molecule is CC(C)SC(SC(C)C)c1cccc(OCc2ccc3ccccc3n2)c1. The minimum absolute atomic E-state index is 0.423. The summed E-state index contributed by atoms with van der Waals surface area (Å²) >= 11 is 4.00. The summed E-state index contributed by atoms with van der Waals surface area (Å²) in [4.78, 5) is 4.69. The zero-order chi connectivity index (χ0) is 19.2. The van der Waals surface area contributed by atoms with Crippen LogP contribution in [0.25, 0.3) is 10.9 Å². The van der Waals surface area contributed by atoms with Crippen molar-refractivity contribution in [2.75, 3.05) is 0 Å². The maximum absolute atomic E-state index is 6.06. The first-order chi connectivity index (χ1) is 13.0. The van der Waals surface area contributed by atoms with Crippen molar-refractivity contribution < 1.29 is 4.74 Å². The van der Waals surface area contributed by atoms with E-state index in [0.717, 1.165) is 22.3 Å². The van der Waals surface area contributed by atoms with E-state index < -0.39 is 0 Å². The number of rotatable bonds is 8. The monoisotopic (exact) mass is 397 g/mol. The topological polar surface area (TPSA) is 22.1 Å². The van der Waals surface area contributed by atoms with Crippen LogP contribution in [-0.2, 0) is 6.61 Å². The molecule has 142 valence electrons. The molecule has 0 aliphatic rings. The van der Waals surface area contributed by atoms with E-state index in [9.17, 15) is 0 Å². The molecule has 4 heteroatoms. The molecule has 3 aromatic rings. The molecular weight excluding hydrogens is 370 g/mol. The molecule has 0 saturated heterocycles. The highest BCUT2D eigenvalue weighted by Gasteiger charge is 2.17. The number of ether oxygens (including phenoxy) is 1. The second kappa shape index (κ2) is 9.52. The Hall–Kier alpha value is -1.65. The van der Waals surface area contributed by atoms with Crippen LogP contribution in [0.4, 0.5) is 0 Å². The lowest BCUT2D eigenvalue weighted by Gasteiger charge is -2.21. The van der Waals surface area contributed by atoms with Crippen molar-refractivity contribution in [1.29, 1.82) is 0 Å². The molecule has 0 aliphatic carbocycles. The van der Waals surface area contributed by atoms with Gasteiger partial charge in [0.15, 0.2) is 0 Å². The second-order valence-corrected chi connectivity index (χ2v) is 10.7. The van der Waals surface area contributed by atoms with E-state index in [0.29, 0.717) is 21.7 Å². The Bertz CT molecular complexity index is 869. The Kier molecular flexibility index (Phi) is 7.08. The lowest BCUT2D eigenvalue weighted by atomic mass is 10.2. The standard InChI is InChI=1S/C23H27NOS2/c1-16(2)26-23(27-17(3)4)19-9-7-10-21(14-19)25-15-20-13-12-18-8-5-6-11-22(18)24-20/h5-14,16-17,23H,15H2,1-4H3. The molecule has 0 radical (unpaired) electrons. The van der Waals surface area contributed by atoms with E-state index in [1.807, 2.05) is 53.9 Å². The number of hydrogen-bond donors (Lipinski definition) is 0. The lowest BCUT2D eigenvalue weighted by molar-refractivity contribution is 0.301. The molecule has 0 bridgehead atoms. The quantitative estimate of drug-likeness (QED) is 0.378. The summed E-state index contributed by atoms with van der Waals surface area (Å²) in [5.41, 5.74) is 3.27. The summed E-state index contributed by atoms with van der Waals surface area (Å²) in [5.74, 6) is 0.904.